The van der Waals surface area contributed by atoms with Crippen molar-refractivity contribution in [3.8, 4) is 0 Å². The third-order valence-corrected chi connectivity index (χ3v) is 5.67. The number of aromatic nitrogens is 2. The predicted molar refractivity (Wildman–Crippen MR) is 83.6 cm³/mol. The highest BCUT2D eigenvalue weighted by Gasteiger charge is 2.35. The number of hydrogen-bond donors (Lipinski definition) is 0. The van der Waals surface area contributed by atoms with Crippen LogP contribution in [-0.4, -0.2) is 63.0 Å². The second-order valence-corrected chi connectivity index (χ2v) is 7.61. The first-order valence-corrected chi connectivity index (χ1v) is 9.40. The third-order valence-electron chi connectivity index (χ3n) is 4.73. The summed E-state index contributed by atoms with van der Waals surface area (Å²) in [7, 11) is 0. The van der Waals surface area contributed by atoms with Gasteiger partial charge in [0.05, 0.1) is 12.6 Å². The van der Waals surface area contributed by atoms with Crippen LogP contribution in [0.3, 0.4) is 0 Å². The predicted octanol–water partition coefficient (Wildman–Crippen LogP) is 1.49. The summed E-state index contributed by atoms with van der Waals surface area (Å²) in [5.74, 6) is 4.43. The van der Waals surface area contributed by atoms with Crippen LogP contribution in [-0.2, 0) is 11.3 Å². The van der Waals surface area contributed by atoms with Crippen LogP contribution in [0.15, 0.2) is 4.52 Å². The number of nitrogens with zero attached hydrogens (tertiary/aromatic N) is 4. The zero-order chi connectivity index (χ0) is 14.9. The van der Waals surface area contributed by atoms with Gasteiger partial charge in [0.2, 0.25) is 11.8 Å². The average Bonchev–Trinajstić information content (AvgIpc) is 3.13. The van der Waals surface area contributed by atoms with Gasteiger partial charge in [-0.2, -0.15) is 16.7 Å². The number of carbonyl (C=O) groups is 1. The van der Waals surface area contributed by atoms with Crippen molar-refractivity contribution in [2.75, 3.05) is 31.1 Å². The molecule has 7 heteroatoms. The fourth-order valence-electron chi connectivity index (χ4n) is 3.30. The Kier molecular flexibility index (Phi) is 4.09. The maximum absolute atomic E-state index is 12.7. The van der Waals surface area contributed by atoms with Gasteiger partial charge in [-0.25, -0.2) is 0 Å². The first kappa shape index (κ1) is 14.5. The van der Waals surface area contributed by atoms with E-state index in [1.54, 1.807) is 0 Å². The molecule has 0 aromatic carbocycles. The van der Waals surface area contributed by atoms with E-state index >= 15 is 0 Å². The van der Waals surface area contributed by atoms with Crippen molar-refractivity contribution in [1.82, 2.24) is 19.9 Å². The Morgan fingerprint density at radius 2 is 2.05 bits per heavy atom. The normalized spacial score (nSPS) is 26.5. The average molecular weight is 322 g/mol. The van der Waals surface area contributed by atoms with Crippen molar-refractivity contribution in [3.05, 3.63) is 11.7 Å². The van der Waals surface area contributed by atoms with E-state index < -0.39 is 0 Å². The minimum atomic E-state index is 0.00553. The topological polar surface area (TPSA) is 62.5 Å². The molecule has 1 atom stereocenters. The zero-order valence-electron chi connectivity index (χ0n) is 12.7. The van der Waals surface area contributed by atoms with Gasteiger partial charge in [0, 0.05) is 30.5 Å². The summed E-state index contributed by atoms with van der Waals surface area (Å²) in [5.41, 5.74) is 0. The van der Waals surface area contributed by atoms with Crippen molar-refractivity contribution in [3.63, 3.8) is 0 Å². The monoisotopic (exact) mass is 322 g/mol. The molecule has 1 aromatic rings. The molecule has 3 heterocycles. The molecule has 1 saturated carbocycles. The molecule has 0 N–H and O–H groups in total. The van der Waals surface area contributed by atoms with Crippen molar-refractivity contribution >= 4 is 17.7 Å². The molecule has 1 amide bonds. The Bertz CT molecular complexity index is 539. The summed E-state index contributed by atoms with van der Waals surface area (Å²) >= 11 is 1.93. The Balaban J connectivity index is 1.40. The van der Waals surface area contributed by atoms with E-state index in [0.717, 1.165) is 55.7 Å². The van der Waals surface area contributed by atoms with Gasteiger partial charge in [-0.15, -0.1) is 0 Å². The molecule has 1 unspecified atom stereocenters. The molecule has 22 heavy (non-hydrogen) atoms. The molecule has 0 bridgehead atoms. The SMILES string of the molecule is O=C(C1CCCN1Cc1noc(C2CC2)n1)N1CCSCC1. The highest BCUT2D eigenvalue weighted by molar-refractivity contribution is 7.99. The smallest absolute Gasteiger partial charge is 0.239 e. The standard InChI is InChI=1S/C15H22N4O2S/c20-15(18-6-8-22-9-7-18)12-2-1-5-19(12)10-13-16-14(21-17-13)11-3-4-11/h11-12H,1-10H2. The molecule has 2 aliphatic heterocycles. The summed E-state index contributed by atoms with van der Waals surface area (Å²) in [5, 5.41) is 4.09. The number of thioether (sulfide) groups is 1. The Morgan fingerprint density at radius 1 is 1.23 bits per heavy atom. The third kappa shape index (κ3) is 3.01. The van der Waals surface area contributed by atoms with E-state index in [-0.39, 0.29) is 6.04 Å². The molecular weight excluding hydrogens is 300 g/mol. The number of amides is 1. The summed E-state index contributed by atoms with van der Waals surface area (Å²) < 4.78 is 5.33. The lowest BCUT2D eigenvalue weighted by Crippen LogP contribution is -2.48. The Labute approximate surface area is 134 Å². The molecule has 2 saturated heterocycles. The van der Waals surface area contributed by atoms with E-state index in [1.165, 1.54) is 12.8 Å². The van der Waals surface area contributed by atoms with Crippen LogP contribution < -0.4 is 0 Å². The number of hydrogen-bond acceptors (Lipinski definition) is 6. The second-order valence-electron chi connectivity index (χ2n) is 6.39. The van der Waals surface area contributed by atoms with Crippen LogP contribution in [0, 0.1) is 0 Å². The highest BCUT2D eigenvalue weighted by atomic mass is 32.2. The first-order valence-electron chi connectivity index (χ1n) is 8.24. The Morgan fingerprint density at radius 3 is 2.82 bits per heavy atom. The first-order chi connectivity index (χ1) is 10.8. The van der Waals surface area contributed by atoms with Gasteiger partial charge >= 0.3 is 0 Å². The van der Waals surface area contributed by atoms with Gasteiger partial charge < -0.3 is 9.42 Å². The molecule has 4 rings (SSSR count). The van der Waals surface area contributed by atoms with Crippen molar-refractivity contribution < 1.29 is 9.32 Å². The largest absolute Gasteiger partial charge is 0.340 e. The lowest BCUT2D eigenvalue weighted by molar-refractivity contribution is -0.135. The van der Waals surface area contributed by atoms with E-state index in [9.17, 15) is 4.79 Å². The van der Waals surface area contributed by atoms with Gasteiger partial charge in [-0.1, -0.05) is 5.16 Å². The molecule has 1 aliphatic carbocycles. The van der Waals surface area contributed by atoms with Crippen LogP contribution in [0.5, 0.6) is 0 Å². The minimum absolute atomic E-state index is 0.00553. The van der Waals surface area contributed by atoms with Crippen LogP contribution >= 0.6 is 11.8 Å². The van der Waals surface area contributed by atoms with E-state index in [4.69, 9.17) is 4.52 Å². The summed E-state index contributed by atoms with van der Waals surface area (Å²) in [6.07, 6.45) is 4.36. The fraction of sp³-hybridized carbons (Fsp3) is 0.800. The maximum Gasteiger partial charge on any atom is 0.239 e. The van der Waals surface area contributed by atoms with Gasteiger partial charge in [-0.3, -0.25) is 9.69 Å². The van der Waals surface area contributed by atoms with Gasteiger partial charge in [0.15, 0.2) is 5.82 Å². The van der Waals surface area contributed by atoms with Gasteiger partial charge in [-0.05, 0) is 32.2 Å². The maximum atomic E-state index is 12.7. The van der Waals surface area contributed by atoms with Crippen LogP contribution in [0.1, 0.15) is 43.3 Å². The summed E-state index contributed by atoms with van der Waals surface area (Å²) in [6, 6.07) is 0.00553. The molecule has 0 radical (unpaired) electrons. The lowest BCUT2D eigenvalue weighted by Gasteiger charge is -2.32. The number of rotatable bonds is 4. The number of likely N-dealkylation sites (tertiary alicyclic amines) is 1. The second kappa shape index (κ2) is 6.20. The summed E-state index contributed by atoms with van der Waals surface area (Å²) in [4.78, 5) is 21.5. The molecule has 3 aliphatic rings. The quantitative estimate of drug-likeness (QED) is 0.837. The Hall–Kier alpha value is -1.08. The molecule has 6 nitrogen and oxygen atoms in total. The summed E-state index contributed by atoms with van der Waals surface area (Å²) in [6.45, 7) is 3.37. The molecule has 120 valence electrons. The van der Waals surface area contributed by atoms with Crippen LogP contribution in [0.25, 0.3) is 0 Å². The van der Waals surface area contributed by atoms with Crippen molar-refractivity contribution in [2.24, 2.45) is 0 Å². The molecular formula is C15H22N4O2S. The minimum Gasteiger partial charge on any atom is -0.340 e. The molecule has 1 aromatic heterocycles. The fourth-order valence-corrected chi connectivity index (χ4v) is 4.20. The van der Waals surface area contributed by atoms with Gasteiger partial charge in [0.25, 0.3) is 0 Å². The van der Waals surface area contributed by atoms with Crippen LogP contribution in [0.4, 0.5) is 0 Å². The molecule has 3 fully saturated rings. The van der Waals surface area contributed by atoms with Crippen LogP contribution in [0.2, 0.25) is 0 Å². The highest BCUT2D eigenvalue weighted by Crippen LogP contribution is 2.39. The van der Waals surface area contributed by atoms with E-state index in [1.807, 2.05) is 16.7 Å². The van der Waals surface area contributed by atoms with E-state index in [2.05, 4.69) is 15.0 Å². The van der Waals surface area contributed by atoms with Gasteiger partial charge in [0.1, 0.15) is 0 Å². The molecule has 0 spiro atoms. The zero-order valence-corrected chi connectivity index (χ0v) is 13.6. The van der Waals surface area contributed by atoms with Crippen molar-refractivity contribution in [1.29, 1.82) is 0 Å². The number of carbonyl (C=O) groups excluding carboxylic acids is 1. The lowest BCUT2D eigenvalue weighted by atomic mass is 10.2. The van der Waals surface area contributed by atoms with E-state index in [0.29, 0.717) is 18.4 Å². The van der Waals surface area contributed by atoms with Crippen molar-refractivity contribution in [2.45, 2.75) is 44.2 Å².